The molecule has 0 atom stereocenters. The summed E-state index contributed by atoms with van der Waals surface area (Å²) in [4.78, 5) is 51.2. The monoisotopic (exact) mass is 392 g/mol. The first-order valence-corrected chi connectivity index (χ1v) is 9.46. The predicted molar refractivity (Wildman–Crippen MR) is 99.9 cm³/mol. The van der Waals surface area contributed by atoms with Crippen LogP contribution < -0.4 is 11.1 Å². The van der Waals surface area contributed by atoms with Crippen molar-refractivity contribution in [1.82, 2.24) is 19.9 Å². The van der Waals surface area contributed by atoms with E-state index < -0.39 is 5.97 Å². The van der Waals surface area contributed by atoms with Gasteiger partial charge in [0, 0.05) is 10.9 Å². The zero-order valence-electron chi connectivity index (χ0n) is 14.3. The highest BCUT2D eigenvalue weighted by atomic mass is 32.2. The molecule has 0 aromatic carbocycles. The molecule has 3 aromatic heterocycles. The van der Waals surface area contributed by atoms with Gasteiger partial charge in [0.25, 0.3) is 11.1 Å². The first-order chi connectivity index (χ1) is 12.4. The van der Waals surface area contributed by atoms with Crippen LogP contribution in [-0.4, -0.2) is 33.0 Å². The van der Waals surface area contributed by atoms with Crippen molar-refractivity contribution in [1.29, 1.82) is 0 Å². The van der Waals surface area contributed by atoms with Crippen molar-refractivity contribution in [2.75, 3.05) is 7.11 Å². The second-order valence-electron chi connectivity index (χ2n) is 5.56. The molecular formula is C16H16N4O4S2. The Kier molecular flexibility index (Phi) is 5.23. The Morgan fingerprint density at radius 1 is 1.27 bits per heavy atom. The number of fused-ring (bicyclic) bond motifs is 1. The molecule has 3 heterocycles. The lowest BCUT2D eigenvalue weighted by Crippen LogP contribution is -2.14. The summed E-state index contributed by atoms with van der Waals surface area (Å²) in [5.74, 6) is 0.347. The molecule has 0 aliphatic rings. The molecule has 3 aromatic rings. The summed E-state index contributed by atoms with van der Waals surface area (Å²) in [7, 11) is 1.28. The van der Waals surface area contributed by atoms with Crippen LogP contribution in [0.25, 0.3) is 10.2 Å². The van der Waals surface area contributed by atoms with Gasteiger partial charge >= 0.3 is 5.97 Å². The standard InChI is InChI=1S/C16H16N4O4S2/c1-7-8(2)26-15-13(7)14(23)18-10(19-15)6-25-16-17-9(4-11(21)20-16)5-12(22)24-3/h4H,5-6H2,1-3H3,(H,17,20,21)(H,18,19,23). The zero-order valence-corrected chi connectivity index (χ0v) is 16.0. The maximum Gasteiger partial charge on any atom is 0.311 e. The van der Waals surface area contributed by atoms with Gasteiger partial charge in [-0.2, -0.15) is 0 Å². The van der Waals surface area contributed by atoms with Gasteiger partial charge in [-0.15, -0.1) is 11.3 Å². The Morgan fingerprint density at radius 2 is 2.04 bits per heavy atom. The normalized spacial score (nSPS) is 11.0. The molecule has 8 nitrogen and oxygen atoms in total. The second-order valence-corrected chi connectivity index (χ2v) is 7.73. The molecule has 0 saturated carbocycles. The minimum atomic E-state index is -0.473. The molecule has 0 aliphatic carbocycles. The number of thioether (sulfide) groups is 1. The first-order valence-electron chi connectivity index (χ1n) is 7.66. The van der Waals surface area contributed by atoms with E-state index in [4.69, 9.17) is 0 Å². The van der Waals surface area contributed by atoms with Gasteiger partial charge < -0.3 is 14.7 Å². The Morgan fingerprint density at radius 3 is 2.77 bits per heavy atom. The van der Waals surface area contributed by atoms with Gasteiger partial charge in [0.2, 0.25) is 0 Å². The Hall–Kier alpha value is -2.46. The second kappa shape index (κ2) is 7.42. The van der Waals surface area contributed by atoms with Crippen LogP contribution in [0.15, 0.2) is 20.8 Å². The number of aromatic amines is 2. The number of nitrogens with one attached hydrogen (secondary N) is 2. The molecule has 3 rings (SSSR count). The van der Waals surface area contributed by atoms with Gasteiger partial charge in [-0.05, 0) is 19.4 Å². The van der Waals surface area contributed by atoms with Crippen molar-refractivity contribution in [3.05, 3.63) is 48.7 Å². The summed E-state index contributed by atoms with van der Waals surface area (Å²) in [5, 5.41) is 0.963. The van der Waals surface area contributed by atoms with Crippen molar-refractivity contribution < 1.29 is 9.53 Å². The van der Waals surface area contributed by atoms with Gasteiger partial charge in [-0.3, -0.25) is 14.4 Å². The number of carbonyl (C=O) groups excluding carboxylic acids is 1. The van der Waals surface area contributed by atoms with Crippen LogP contribution in [0.2, 0.25) is 0 Å². The number of H-pyrrole nitrogens is 2. The Labute approximate surface area is 156 Å². The number of aryl methyl sites for hydroxylation is 2. The number of hydrogen-bond acceptors (Lipinski definition) is 8. The number of ether oxygens (including phenoxy) is 1. The predicted octanol–water partition coefficient (Wildman–Crippen LogP) is 1.69. The smallest absolute Gasteiger partial charge is 0.311 e. The van der Waals surface area contributed by atoms with E-state index in [9.17, 15) is 14.4 Å². The van der Waals surface area contributed by atoms with E-state index >= 15 is 0 Å². The quantitative estimate of drug-likeness (QED) is 0.385. The number of aromatic nitrogens is 4. The number of hydrogen-bond donors (Lipinski definition) is 2. The summed E-state index contributed by atoms with van der Waals surface area (Å²) in [6.45, 7) is 3.86. The number of thiophene rings is 1. The highest BCUT2D eigenvalue weighted by Gasteiger charge is 2.13. The van der Waals surface area contributed by atoms with Crippen molar-refractivity contribution in [2.45, 2.75) is 31.2 Å². The van der Waals surface area contributed by atoms with E-state index in [1.807, 2.05) is 13.8 Å². The zero-order chi connectivity index (χ0) is 18.8. The summed E-state index contributed by atoms with van der Waals surface area (Å²) in [6.07, 6.45) is -0.0806. The molecule has 0 aliphatic heterocycles. The topological polar surface area (TPSA) is 118 Å². The average molecular weight is 392 g/mol. The Balaban J connectivity index is 1.83. The van der Waals surface area contributed by atoms with Gasteiger partial charge in [-0.25, -0.2) is 9.97 Å². The summed E-state index contributed by atoms with van der Waals surface area (Å²) < 4.78 is 4.58. The van der Waals surface area contributed by atoms with E-state index in [2.05, 4.69) is 24.7 Å². The molecule has 0 fully saturated rings. The van der Waals surface area contributed by atoms with Gasteiger partial charge in [0.05, 0.1) is 30.4 Å². The lowest BCUT2D eigenvalue weighted by molar-refractivity contribution is -0.139. The summed E-state index contributed by atoms with van der Waals surface area (Å²) >= 11 is 2.70. The number of esters is 1. The number of nitrogens with zero attached hydrogens (tertiary/aromatic N) is 2. The van der Waals surface area contributed by atoms with Gasteiger partial charge in [-0.1, -0.05) is 11.8 Å². The molecule has 0 bridgehead atoms. The van der Waals surface area contributed by atoms with Crippen molar-refractivity contribution in [3.63, 3.8) is 0 Å². The van der Waals surface area contributed by atoms with Gasteiger partial charge in [0.1, 0.15) is 10.7 Å². The van der Waals surface area contributed by atoms with E-state index in [1.165, 1.54) is 36.3 Å². The molecule has 0 saturated heterocycles. The lowest BCUT2D eigenvalue weighted by Gasteiger charge is -2.04. The maximum absolute atomic E-state index is 12.3. The van der Waals surface area contributed by atoms with Crippen LogP contribution in [-0.2, 0) is 21.7 Å². The minimum Gasteiger partial charge on any atom is -0.469 e. The van der Waals surface area contributed by atoms with Gasteiger partial charge in [0.15, 0.2) is 5.16 Å². The summed E-state index contributed by atoms with van der Waals surface area (Å²) in [6, 6.07) is 1.25. The summed E-state index contributed by atoms with van der Waals surface area (Å²) in [5.41, 5.74) is 0.736. The van der Waals surface area contributed by atoms with Crippen LogP contribution in [0.4, 0.5) is 0 Å². The molecular weight excluding hydrogens is 376 g/mol. The molecule has 0 radical (unpaired) electrons. The largest absolute Gasteiger partial charge is 0.469 e. The molecule has 2 N–H and O–H groups in total. The van der Waals surface area contributed by atoms with E-state index in [0.29, 0.717) is 32.6 Å². The fourth-order valence-electron chi connectivity index (χ4n) is 2.37. The average Bonchev–Trinajstić information content (AvgIpc) is 2.87. The van der Waals surface area contributed by atoms with E-state index in [1.54, 1.807) is 0 Å². The fourth-order valence-corrected chi connectivity index (χ4v) is 4.18. The van der Waals surface area contributed by atoms with Crippen molar-refractivity contribution >= 4 is 39.3 Å². The van der Waals surface area contributed by atoms with Crippen LogP contribution >= 0.6 is 23.1 Å². The molecule has 10 heteroatoms. The van der Waals surface area contributed by atoms with Crippen molar-refractivity contribution in [3.8, 4) is 0 Å². The highest BCUT2D eigenvalue weighted by Crippen LogP contribution is 2.26. The first kappa shape index (κ1) is 18.3. The molecule has 0 spiro atoms. The van der Waals surface area contributed by atoms with Crippen LogP contribution in [0.3, 0.4) is 0 Å². The van der Waals surface area contributed by atoms with E-state index in [-0.39, 0.29) is 17.5 Å². The highest BCUT2D eigenvalue weighted by molar-refractivity contribution is 7.98. The minimum absolute atomic E-state index is 0.0806. The number of methoxy groups -OCH3 is 1. The maximum atomic E-state index is 12.3. The van der Waals surface area contributed by atoms with Crippen LogP contribution in [0.5, 0.6) is 0 Å². The number of rotatable bonds is 5. The SMILES string of the molecule is COC(=O)Cc1cc(=O)[nH]c(SCc2nc3sc(C)c(C)c3c(=O)[nH]2)n1. The van der Waals surface area contributed by atoms with Crippen LogP contribution in [0.1, 0.15) is 22.0 Å². The lowest BCUT2D eigenvalue weighted by atomic mass is 10.2. The molecule has 0 amide bonds. The van der Waals surface area contributed by atoms with Crippen molar-refractivity contribution in [2.24, 2.45) is 0 Å². The molecule has 0 unspecified atom stereocenters. The number of carbonyl (C=O) groups is 1. The third kappa shape index (κ3) is 3.86. The third-order valence-electron chi connectivity index (χ3n) is 3.76. The third-order valence-corrected chi connectivity index (χ3v) is 5.75. The van der Waals surface area contributed by atoms with E-state index in [0.717, 1.165) is 10.4 Å². The van der Waals surface area contributed by atoms with Crippen LogP contribution in [0, 0.1) is 13.8 Å². The Bertz CT molecular complexity index is 1100. The fraction of sp³-hybridized carbons (Fsp3) is 0.312. The molecule has 136 valence electrons. The molecule has 26 heavy (non-hydrogen) atoms.